The van der Waals surface area contributed by atoms with Gasteiger partial charge in [-0.05, 0) is 35.7 Å². The van der Waals surface area contributed by atoms with Crippen molar-refractivity contribution in [2.75, 3.05) is 31.0 Å². The lowest BCUT2D eigenvalue weighted by Gasteiger charge is -2.26. The maximum absolute atomic E-state index is 12.9. The van der Waals surface area contributed by atoms with Crippen molar-refractivity contribution < 1.29 is 21.6 Å². The molecule has 0 unspecified atom stereocenters. The molecule has 152 valence electrons. The Kier molecular flexibility index (Phi) is 5.30. The monoisotopic (exact) mass is 432 g/mol. The Balaban J connectivity index is 1.60. The maximum Gasteiger partial charge on any atom is 0.262 e. The second-order valence-corrected chi connectivity index (χ2v) is 10.2. The Morgan fingerprint density at radius 1 is 0.793 bits per heavy atom. The van der Waals surface area contributed by atoms with E-state index in [1.165, 1.54) is 28.6 Å². The first-order chi connectivity index (χ1) is 13.9. The number of ether oxygens (including phenoxy) is 1. The molecule has 0 bridgehead atoms. The Morgan fingerprint density at radius 3 is 2.17 bits per heavy atom. The molecule has 7 nitrogen and oxygen atoms in total. The number of anilines is 1. The van der Waals surface area contributed by atoms with E-state index in [0.29, 0.717) is 37.4 Å². The van der Waals surface area contributed by atoms with Crippen molar-refractivity contribution in [2.24, 2.45) is 0 Å². The van der Waals surface area contributed by atoms with Gasteiger partial charge in [0.15, 0.2) is 0 Å². The molecule has 4 rings (SSSR count). The first-order valence-electron chi connectivity index (χ1n) is 9.06. The van der Waals surface area contributed by atoms with Gasteiger partial charge in [0.25, 0.3) is 10.0 Å². The zero-order valence-corrected chi connectivity index (χ0v) is 17.1. The summed E-state index contributed by atoms with van der Waals surface area (Å²) in [5.74, 6) is 0. The highest BCUT2D eigenvalue weighted by molar-refractivity contribution is 7.93. The molecular formula is C20H20N2O5S2. The SMILES string of the molecule is O=S(=O)(Nc1ccc(S(=O)(=O)N2CCOCC2)cc1)c1cccc2ccccc12. The summed E-state index contributed by atoms with van der Waals surface area (Å²) in [5.41, 5.74) is 0.291. The minimum absolute atomic E-state index is 0.118. The van der Waals surface area contributed by atoms with Crippen LogP contribution in [0.15, 0.2) is 76.5 Å². The summed E-state index contributed by atoms with van der Waals surface area (Å²) in [4.78, 5) is 0.285. The zero-order valence-electron chi connectivity index (χ0n) is 15.5. The van der Waals surface area contributed by atoms with Crippen molar-refractivity contribution in [1.82, 2.24) is 4.31 Å². The van der Waals surface area contributed by atoms with E-state index in [1.807, 2.05) is 18.2 Å². The number of rotatable bonds is 5. The second-order valence-electron chi connectivity index (χ2n) is 6.62. The van der Waals surface area contributed by atoms with Gasteiger partial charge >= 0.3 is 0 Å². The molecule has 3 aromatic rings. The van der Waals surface area contributed by atoms with Crippen LogP contribution in [0.3, 0.4) is 0 Å². The molecular weight excluding hydrogens is 412 g/mol. The van der Waals surface area contributed by atoms with Crippen LogP contribution in [0.25, 0.3) is 10.8 Å². The summed E-state index contributed by atoms with van der Waals surface area (Å²) < 4.78 is 60.2. The maximum atomic E-state index is 12.9. The third-order valence-electron chi connectivity index (χ3n) is 4.75. The molecule has 0 aromatic heterocycles. The summed E-state index contributed by atoms with van der Waals surface area (Å²) in [6.07, 6.45) is 0. The van der Waals surface area contributed by atoms with E-state index in [4.69, 9.17) is 4.74 Å². The fraction of sp³-hybridized carbons (Fsp3) is 0.200. The average Bonchev–Trinajstić information content (AvgIpc) is 2.74. The lowest BCUT2D eigenvalue weighted by atomic mass is 10.1. The van der Waals surface area contributed by atoms with Crippen LogP contribution in [0.2, 0.25) is 0 Å². The first kappa shape index (κ1) is 19.8. The zero-order chi connectivity index (χ0) is 20.5. The predicted octanol–water partition coefficient (Wildman–Crippen LogP) is 2.66. The van der Waals surface area contributed by atoms with Gasteiger partial charge < -0.3 is 4.74 Å². The molecule has 0 spiro atoms. The van der Waals surface area contributed by atoms with Crippen molar-refractivity contribution in [1.29, 1.82) is 0 Å². The number of hydrogen-bond acceptors (Lipinski definition) is 5. The van der Waals surface area contributed by atoms with E-state index in [1.54, 1.807) is 24.3 Å². The van der Waals surface area contributed by atoms with Gasteiger partial charge in [-0.15, -0.1) is 0 Å². The molecule has 1 heterocycles. The van der Waals surface area contributed by atoms with E-state index in [2.05, 4.69) is 4.72 Å². The molecule has 3 aromatic carbocycles. The van der Waals surface area contributed by atoms with Crippen LogP contribution in [0.4, 0.5) is 5.69 Å². The van der Waals surface area contributed by atoms with E-state index < -0.39 is 20.0 Å². The van der Waals surface area contributed by atoms with Crippen LogP contribution >= 0.6 is 0 Å². The van der Waals surface area contributed by atoms with Gasteiger partial charge in [0.05, 0.1) is 23.0 Å². The quantitative estimate of drug-likeness (QED) is 0.669. The molecule has 0 radical (unpaired) electrons. The Hall–Kier alpha value is -2.46. The standard InChI is InChI=1S/C20H20N2O5S2/c23-28(24,20-7-3-5-16-4-1-2-6-19(16)20)21-17-8-10-18(11-9-17)29(25,26)22-12-14-27-15-13-22/h1-11,21H,12-15H2. The van der Waals surface area contributed by atoms with Crippen molar-refractivity contribution >= 4 is 36.5 Å². The number of sulfonamides is 2. The predicted molar refractivity (Wildman–Crippen MR) is 111 cm³/mol. The summed E-state index contributed by atoms with van der Waals surface area (Å²) in [5, 5.41) is 1.44. The normalized spacial score (nSPS) is 16.0. The first-order valence-corrected chi connectivity index (χ1v) is 12.0. The van der Waals surface area contributed by atoms with Gasteiger partial charge in [0, 0.05) is 24.2 Å². The summed E-state index contributed by atoms with van der Waals surface area (Å²) in [7, 11) is -7.46. The average molecular weight is 433 g/mol. The highest BCUT2D eigenvalue weighted by Gasteiger charge is 2.26. The van der Waals surface area contributed by atoms with Crippen LogP contribution in [0.1, 0.15) is 0 Å². The Labute approximate surface area is 170 Å². The number of morpholine rings is 1. The van der Waals surface area contributed by atoms with Crippen LogP contribution in [-0.2, 0) is 24.8 Å². The summed E-state index contributed by atoms with van der Waals surface area (Å²) in [6.45, 7) is 1.33. The lowest BCUT2D eigenvalue weighted by Crippen LogP contribution is -2.40. The largest absolute Gasteiger partial charge is 0.379 e. The van der Waals surface area contributed by atoms with Crippen LogP contribution < -0.4 is 4.72 Å². The molecule has 1 aliphatic heterocycles. The highest BCUT2D eigenvalue weighted by atomic mass is 32.2. The van der Waals surface area contributed by atoms with Crippen molar-refractivity contribution in [2.45, 2.75) is 9.79 Å². The molecule has 9 heteroatoms. The molecule has 1 saturated heterocycles. The molecule has 0 aliphatic carbocycles. The van der Waals surface area contributed by atoms with Gasteiger partial charge in [-0.25, -0.2) is 16.8 Å². The smallest absolute Gasteiger partial charge is 0.262 e. The van der Waals surface area contributed by atoms with Crippen molar-refractivity contribution in [3.63, 3.8) is 0 Å². The number of hydrogen-bond donors (Lipinski definition) is 1. The van der Waals surface area contributed by atoms with Crippen LogP contribution in [-0.4, -0.2) is 47.4 Å². The van der Waals surface area contributed by atoms with Crippen molar-refractivity contribution in [3.8, 4) is 0 Å². The lowest BCUT2D eigenvalue weighted by molar-refractivity contribution is 0.0730. The number of nitrogens with one attached hydrogen (secondary N) is 1. The summed E-state index contributed by atoms with van der Waals surface area (Å²) >= 11 is 0. The third kappa shape index (κ3) is 3.99. The van der Waals surface area contributed by atoms with Crippen LogP contribution in [0, 0.1) is 0 Å². The minimum atomic E-state index is -3.84. The van der Waals surface area contributed by atoms with E-state index >= 15 is 0 Å². The third-order valence-corrected chi connectivity index (χ3v) is 8.11. The fourth-order valence-electron chi connectivity index (χ4n) is 3.27. The fourth-order valence-corrected chi connectivity index (χ4v) is 5.97. The van der Waals surface area contributed by atoms with Gasteiger partial charge in [-0.1, -0.05) is 36.4 Å². The molecule has 1 aliphatic rings. The van der Waals surface area contributed by atoms with Gasteiger partial charge in [-0.3, -0.25) is 4.72 Å². The van der Waals surface area contributed by atoms with Gasteiger partial charge in [0.1, 0.15) is 0 Å². The van der Waals surface area contributed by atoms with E-state index in [-0.39, 0.29) is 9.79 Å². The molecule has 1 N–H and O–H groups in total. The minimum Gasteiger partial charge on any atom is -0.379 e. The molecule has 0 atom stereocenters. The summed E-state index contributed by atoms with van der Waals surface area (Å²) in [6, 6.07) is 18.0. The number of fused-ring (bicyclic) bond motifs is 1. The molecule has 0 amide bonds. The van der Waals surface area contributed by atoms with Gasteiger partial charge in [-0.2, -0.15) is 4.31 Å². The van der Waals surface area contributed by atoms with Crippen molar-refractivity contribution in [3.05, 3.63) is 66.7 Å². The Morgan fingerprint density at radius 2 is 1.45 bits per heavy atom. The molecule has 29 heavy (non-hydrogen) atoms. The topological polar surface area (TPSA) is 92.8 Å². The molecule has 0 saturated carbocycles. The second kappa shape index (κ2) is 7.75. The van der Waals surface area contributed by atoms with Crippen LogP contribution in [0.5, 0.6) is 0 Å². The highest BCUT2D eigenvalue weighted by Crippen LogP contribution is 2.26. The molecule has 1 fully saturated rings. The van der Waals surface area contributed by atoms with E-state index in [0.717, 1.165) is 5.39 Å². The number of benzene rings is 3. The van der Waals surface area contributed by atoms with Gasteiger partial charge in [0.2, 0.25) is 10.0 Å². The van der Waals surface area contributed by atoms with E-state index in [9.17, 15) is 16.8 Å². The number of nitrogens with zero attached hydrogens (tertiary/aromatic N) is 1. The Bertz CT molecular complexity index is 1230.